The Hall–Kier alpha value is -0.770. The van der Waals surface area contributed by atoms with Gasteiger partial charge in [-0.25, -0.2) is 0 Å². The molecule has 0 radical (unpaired) electrons. The third kappa shape index (κ3) is 4.37. The average Bonchev–Trinajstić information content (AvgIpc) is 2.41. The van der Waals surface area contributed by atoms with Gasteiger partial charge in [0.1, 0.15) is 12.4 Å². The van der Waals surface area contributed by atoms with Crippen LogP contribution in [0.1, 0.15) is 37.9 Å². The van der Waals surface area contributed by atoms with Gasteiger partial charge in [0.25, 0.3) is 0 Å². The van der Waals surface area contributed by atoms with E-state index in [9.17, 15) is 5.11 Å². The molecule has 1 heterocycles. The van der Waals surface area contributed by atoms with E-state index < -0.39 is 6.10 Å². The second-order valence-electron chi connectivity index (χ2n) is 5.11. The Morgan fingerprint density at radius 1 is 1.32 bits per heavy atom. The van der Waals surface area contributed by atoms with Crippen LogP contribution in [-0.4, -0.2) is 36.2 Å². The molecule has 19 heavy (non-hydrogen) atoms. The number of ether oxygens (including phenoxy) is 1. The van der Waals surface area contributed by atoms with Crippen LogP contribution < -0.4 is 4.74 Å². The zero-order valence-electron chi connectivity index (χ0n) is 11.4. The van der Waals surface area contributed by atoms with Gasteiger partial charge in [-0.3, -0.25) is 4.90 Å². The molecule has 0 aliphatic carbocycles. The van der Waals surface area contributed by atoms with E-state index in [1.54, 1.807) is 19.1 Å². The molecule has 1 N–H and O–H groups in total. The van der Waals surface area contributed by atoms with Crippen LogP contribution in [0, 0.1) is 0 Å². The van der Waals surface area contributed by atoms with Gasteiger partial charge in [0.15, 0.2) is 0 Å². The van der Waals surface area contributed by atoms with Gasteiger partial charge in [0.2, 0.25) is 0 Å². The molecule has 1 unspecified atom stereocenters. The molecule has 1 atom stereocenters. The standard InChI is InChI=1S/C15H22ClNO2/c1-12(18)14-11-13(16)5-6-15(14)19-10-9-17-7-3-2-4-8-17/h5-6,11-12,18H,2-4,7-10H2,1H3. The molecule has 106 valence electrons. The van der Waals surface area contributed by atoms with Crippen molar-refractivity contribution in [1.29, 1.82) is 0 Å². The van der Waals surface area contributed by atoms with Crippen molar-refractivity contribution in [3.63, 3.8) is 0 Å². The highest BCUT2D eigenvalue weighted by Gasteiger charge is 2.12. The van der Waals surface area contributed by atoms with Crippen LogP contribution in [0.3, 0.4) is 0 Å². The van der Waals surface area contributed by atoms with E-state index in [1.807, 2.05) is 6.07 Å². The van der Waals surface area contributed by atoms with E-state index in [0.29, 0.717) is 11.6 Å². The minimum atomic E-state index is -0.566. The van der Waals surface area contributed by atoms with E-state index in [2.05, 4.69) is 4.90 Å². The van der Waals surface area contributed by atoms with Crippen molar-refractivity contribution in [2.45, 2.75) is 32.3 Å². The van der Waals surface area contributed by atoms with Crippen LogP contribution in [0.15, 0.2) is 18.2 Å². The molecule has 2 rings (SSSR count). The molecule has 1 fully saturated rings. The maximum absolute atomic E-state index is 9.73. The summed E-state index contributed by atoms with van der Waals surface area (Å²) >= 11 is 5.94. The zero-order valence-corrected chi connectivity index (χ0v) is 12.2. The number of halogens is 1. The third-order valence-electron chi connectivity index (χ3n) is 3.54. The van der Waals surface area contributed by atoms with Gasteiger partial charge in [0, 0.05) is 17.1 Å². The molecule has 0 saturated carbocycles. The van der Waals surface area contributed by atoms with Gasteiger partial charge in [-0.2, -0.15) is 0 Å². The number of rotatable bonds is 5. The first-order valence-electron chi connectivity index (χ1n) is 6.99. The maximum Gasteiger partial charge on any atom is 0.125 e. The van der Waals surface area contributed by atoms with Crippen molar-refractivity contribution < 1.29 is 9.84 Å². The molecule has 1 aliphatic rings. The number of benzene rings is 1. The minimum absolute atomic E-state index is 0.566. The summed E-state index contributed by atoms with van der Waals surface area (Å²) in [7, 11) is 0. The lowest BCUT2D eigenvalue weighted by molar-refractivity contribution is 0.171. The lowest BCUT2D eigenvalue weighted by atomic mass is 10.1. The second kappa shape index (κ2) is 7.13. The summed E-state index contributed by atoms with van der Waals surface area (Å²) in [5, 5.41) is 10.4. The van der Waals surface area contributed by atoms with Crippen LogP contribution in [0.5, 0.6) is 5.75 Å². The van der Waals surface area contributed by atoms with E-state index in [4.69, 9.17) is 16.3 Å². The van der Waals surface area contributed by atoms with E-state index in [1.165, 1.54) is 32.4 Å². The fourth-order valence-electron chi connectivity index (χ4n) is 2.44. The van der Waals surface area contributed by atoms with Crippen LogP contribution in [0.25, 0.3) is 0 Å². The molecule has 1 aromatic carbocycles. The highest BCUT2D eigenvalue weighted by atomic mass is 35.5. The van der Waals surface area contributed by atoms with E-state index in [0.717, 1.165) is 17.9 Å². The fraction of sp³-hybridized carbons (Fsp3) is 0.600. The summed E-state index contributed by atoms with van der Waals surface area (Å²) < 4.78 is 5.80. The summed E-state index contributed by atoms with van der Waals surface area (Å²) in [5.41, 5.74) is 0.756. The van der Waals surface area contributed by atoms with Crippen molar-refractivity contribution in [2.24, 2.45) is 0 Å². The first-order chi connectivity index (χ1) is 9.16. The number of likely N-dealkylation sites (tertiary alicyclic amines) is 1. The van der Waals surface area contributed by atoms with Crippen molar-refractivity contribution in [3.8, 4) is 5.75 Å². The van der Waals surface area contributed by atoms with Gasteiger partial charge in [-0.05, 0) is 51.1 Å². The Labute approximate surface area is 120 Å². The topological polar surface area (TPSA) is 32.7 Å². The van der Waals surface area contributed by atoms with Crippen LogP contribution >= 0.6 is 11.6 Å². The summed E-state index contributed by atoms with van der Waals surface area (Å²) in [6.07, 6.45) is 3.36. The maximum atomic E-state index is 9.73. The van der Waals surface area contributed by atoms with E-state index in [-0.39, 0.29) is 0 Å². The van der Waals surface area contributed by atoms with Crippen molar-refractivity contribution in [1.82, 2.24) is 4.90 Å². The van der Waals surface area contributed by atoms with Gasteiger partial charge in [0.05, 0.1) is 6.10 Å². The minimum Gasteiger partial charge on any atom is -0.492 e. The predicted octanol–water partition coefficient (Wildman–Crippen LogP) is 3.26. The quantitative estimate of drug-likeness (QED) is 0.900. The molecule has 1 aromatic rings. The molecule has 1 aliphatic heterocycles. The Balaban J connectivity index is 1.88. The summed E-state index contributed by atoms with van der Waals surface area (Å²) in [6, 6.07) is 5.40. The van der Waals surface area contributed by atoms with E-state index >= 15 is 0 Å². The highest BCUT2D eigenvalue weighted by molar-refractivity contribution is 6.30. The Morgan fingerprint density at radius 3 is 2.74 bits per heavy atom. The molecule has 4 heteroatoms. The number of hydrogen-bond acceptors (Lipinski definition) is 3. The molecular formula is C15H22ClNO2. The van der Waals surface area contributed by atoms with Gasteiger partial charge >= 0.3 is 0 Å². The highest BCUT2D eigenvalue weighted by Crippen LogP contribution is 2.28. The van der Waals surface area contributed by atoms with Crippen molar-refractivity contribution in [3.05, 3.63) is 28.8 Å². The zero-order chi connectivity index (χ0) is 13.7. The molecule has 0 amide bonds. The molecule has 0 bridgehead atoms. The lowest BCUT2D eigenvalue weighted by Crippen LogP contribution is -2.33. The lowest BCUT2D eigenvalue weighted by Gasteiger charge is -2.26. The predicted molar refractivity (Wildman–Crippen MR) is 77.9 cm³/mol. The number of piperidine rings is 1. The number of aliphatic hydroxyl groups is 1. The first-order valence-corrected chi connectivity index (χ1v) is 7.37. The molecular weight excluding hydrogens is 262 g/mol. The largest absolute Gasteiger partial charge is 0.492 e. The van der Waals surface area contributed by atoms with Gasteiger partial charge in [-0.15, -0.1) is 0 Å². The average molecular weight is 284 g/mol. The number of nitrogens with zero attached hydrogens (tertiary/aromatic N) is 1. The Kier molecular flexibility index (Phi) is 5.49. The molecule has 3 nitrogen and oxygen atoms in total. The van der Waals surface area contributed by atoms with Crippen molar-refractivity contribution in [2.75, 3.05) is 26.2 Å². The van der Waals surface area contributed by atoms with Gasteiger partial charge < -0.3 is 9.84 Å². The second-order valence-corrected chi connectivity index (χ2v) is 5.55. The SMILES string of the molecule is CC(O)c1cc(Cl)ccc1OCCN1CCCCC1. The Morgan fingerprint density at radius 2 is 2.05 bits per heavy atom. The van der Waals surface area contributed by atoms with Crippen LogP contribution in [0.2, 0.25) is 5.02 Å². The fourth-order valence-corrected chi connectivity index (χ4v) is 2.63. The monoisotopic (exact) mass is 283 g/mol. The molecule has 1 saturated heterocycles. The van der Waals surface area contributed by atoms with Crippen LogP contribution in [-0.2, 0) is 0 Å². The summed E-state index contributed by atoms with van der Waals surface area (Å²) in [4.78, 5) is 2.43. The first kappa shape index (κ1) is 14.6. The summed E-state index contributed by atoms with van der Waals surface area (Å²) in [5.74, 6) is 0.733. The molecule has 0 aromatic heterocycles. The number of hydrogen-bond donors (Lipinski definition) is 1. The number of aliphatic hydroxyl groups excluding tert-OH is 1. The normalized spacial score (nSPS) is 18.3. The van der Waals surface area contributed by atoms with Crippen molar-refractivity contribution >= 4 is 11.6 Å². The van der Waals surface area contributed by atoms with Crippen LogP contribution in [0.4, 0.5) is 0 Å². The summed E-state index contributed by atoms with van der Waals surface area (Å²) in [6.45, 7) is 5.67. The third-order valence-corrected chi connectivity index (χ3v) is 3.77. The molecule has 0 spiro atoms. The van der Waals surface area contributed by atoms with Gasteiger partial charge in [-0.1, -0.05) is 18.0 Å². The Bertz CT molecular complexity index is 403. The smallest absolute Gasteiger partial charge is 0.125 e.